The summed E-state index contributed by atoms with van der Waals surface area (Å²) in [5.41, 5.74) is 0. The van der Waals surface area contributed by atoms with E-state index in [4.69, 9.17) is 4.74 Å². The molecule has 1 rings (SSSR count). The van der Waals surface area contributed by atoms with E-state index in [1.807, 2.05) is 0 Å². The summed E-state index contributed by atoms with van der Waals surface area (Å²) in [7, 11) is 0. The van der Waals surface area contributed by atoms with Gasteiger partial charge < -0.3 is 4.74 Å². The lowest BCUT2D eigenvalue weighted by molar-refractivity contribution is -0.352. The van der Waals surface area contributed by atoms with Gasteiger partial charge in [-0.2, -0.15) is 26.3 Å². The number of hydrogen-bond acceptors (Lipinski definition) is 1. The molecule has 0 aromatic heterocycles. The molecule has 0 spiro atoms. The zero-order valence-electron chi connectivity index (χ0n) is 10.8. The van der Waals surface area contributed by atoms with Crippen molar-refractivity contribution in [1.29, 1.82) is 0 Å². The molecule has 0 radical (unpaired) electrons. The molecule has 0 amide bonds. The summed E-state index contributed by atoms with van der Waals surface area (Å²) in [4.78, 5) is 0. The maximum atomic E-state index is 13.6. The lowest BCUT2D eigenvalue weighted by atomic mass is 9.79. The molecular formula is C12H14F8O. The highest BCUT2D eigenvalue weighted by atomic mass is 19.4. The highest BCUT2D eigenvalue weighted by molar-refractivity contribution is 5.01. The van der Waals surface area contributed by atoms with Gasteiger partial charge in [0.05, 0.1) is 12.4 Å². The number of alkyl halides is 8. The SMILES string of the molecule is C=COC1CCC(C(F)(F)C(F)(F)C(F)(F)C(F)F)CC1. The minimum atomic E-state index is -6.12. The van der Waals surface area contributed by atoms with Crippen LogP contribution in [0.2, 0.25) is 0 Å². The van der Waals surface area contributed by atoms with Crippen LogP contribution in [0.15, 0.2) is 12.8 Å². The third-order valence-electron chi connectivity index (χ3n) is 3.59. The second kappa shape index (κ2) is 6.00. The Labute approximate surface area is 115 Å². The van der Waals surface area contributed by atoms with E-state index >= 15 is 0 Å². The molecule has 21 heavy (non-hydrogen) atoms. The normalized spacial score (nSPS) is 25.0. The van der Waals surface area contributed by atoms with E-state index in [-0.39, 0.29) is 12.8 Å². The summed E-state index contributed by atoms with van der Waals surface area (Å²) in [5, 5.41) is 0. The van der Waals surface area contributed by atoms with Gasteiger partial charge in [-0.15, -0.1) is 0 Å². The molecule has 0 heterocycles. The van der Waals surface area contributed by atoms with Crippen LogP contribution in [0.1, 0.15) is 25.7 Å². The first-order valence-electron chi connectivity index (χ1n) is 6.16. The van der Waals surface area contributed by atoms with Crippen molar-refractivity contribution in [1.82, 2.24) is 0 Å². The Bertz CT molecular complexity index is 360. The average Bonchev–Trinajstić information content (AvgIpc) is 2.39. The summed E-state index contributed by atoms with van der Waals surface area (Å²) in [6.45, 7) is 3.24. The molecule has 0 unspecified atom stereocenters. The first-order chi connectivity index (χ1) is 9.48. The second-order valence-electron chi connectivity index (χ2n) is 4.90. The first-order valence-corrected chi connectivity index (χ1v) is 6.16. The van der Waals surface area contributed by atoms with E-state index in [2.05, 4.69) is 6.58 Å². The Morgan fingerprint density at radius 2 is 1.43 bits per heavy atom. The topological polar surface area (TPSA) is 9.23 Å². The van der Waals surface area contributed by atoms with Crippen LogP contribution < -0.4 is 0 Å². The van der Waals surface area contributed by atoms with Gasteiger partial charge in [-0.05, 0) is 25.7 Å². The van der Waals surface area contributed by atoms with Gasteiger partial charge in [-0.3, -0.25) is 0 Å². The van der Waals surface area contributed by atoms with Crippen molar-refractivity contribution in [3.63, 3.8) is 0 Å². The largest absolute Gasteiger partial charge is 0.499 e. The zero-order valence-corrected chi connectivity index (χ0v) is 10.8. The predicted octanol–water partition coefficient (Wildman–Crippen LogP) is 4.88. The van der Waals surface area contributed by atoms with Crippen molar-refractivity contribution < 1.29 is 39.9 Å². The highest BCUT2D eigenvalue weighted by Crippen LogP contribution is 2.54. The van der Waals surface area contributed by atoms with Crippen LogP contribution in [-0.2, 0) is 4.74 Å². The van der Waals surface area contributed by atoms with Crippen LogP contribution in [0.3, 0.4) is 0 Å². The molecule has 1 aliphatic carbocycles. The van der Waals surface area contributed by atoms with Gasteiger partial charge in [-0.1, -0.05) is 6.58 Å². The van der Waals surface area contributed by atoms with Crippen molar-refractivity contribution in [2.45, 2.75) is 56.0 Å². The van der Waals surface area contributed by atoms with Crippen LogP contribution in [0.25, 0.3) is 0 Å². The Hall–Kier alpha value is -1.02. The van der Waals surface area contributed by atoms with Crippen molar-refractivity contribution in [3.8, 4) is 0 Å². The molecular weight excluding hydrogens is 312 g/mol. The van der Waals surface area contributed by atoms with Crippen molar-refractivity contribution >= 4 is 0 Å². The maximum Gasteiger partial charge on any atom is 0.378 e. The van der Waals surface area contributed by atoms with Gasteiger partial charge in [0.2, 0.25) is 0 Å². The molecule has 1 nitrogen and oxygen atoms in total. The molecule has 9 heteroatoms. The van der Waals surface area contributed by atoms with Gasteiger partial charge >= 0.3 is 24.2 Å². The smallest absolute Gasteiger partial charge is 0.378 e. The quantitative estimate of drug-likeness (QED) is 0.499. The molecule has 1 aliphatic rings. The number of ether oxygens (including phenoxy) is 1. The fourth-order valence-electron chi connectivity index (χ4n) is 2.31. The molecule has 0 aromatic carbocycles. The first kappa shape index (κ1) is 18.0. The van der Waals surface area contributed by atoms with Crippen molar-refractivity contribution in [2.75, 3.05) is 0 Å². The molecule has 0 bridgehead atoms. The lowest BCUT2D eigenvalue weighted by Gasteiger charge is -2.39. The van der Waals surface area contributed by atoms with Gasteiger partial charge in [-0.25, -0.2) is 8.78 Å². The van der Waals surface area contributed by atoms with Gasteiger partial charge in [0.25, 0.3) is 0 Å². The molecule has 0 saturated heterocycles. The van der Waals surface area contributed by atoms with Gasteiger partial charge in [0.1, 0.15) is 0 Å². The molecule has 0 atom stereocenters. The average molecular weight is 326 g/mol. The van der Waals surface area contributed by atoms with E-state index in [0.29, 0.717) is 0 Å². The minimum Gasteiger partial charge on any atom is -0.499 e. The summed E-state index contributed by atoms with van der Waals surface area (Å²) < 4.78 is 108. The molecule has 1 fully saturated rings. The van der Waals surface area contributed by atoms with Crippen molar-refractivity contribution in [2.24, 2.45) is 5.92 Å². The van der Waals surface area contributed by atoms with Gasteiger partial charge in [0.15, 0.2) is 0 Å². The molecule has 124 valence electrons. The molecule has 1 saturated carbocycles. The Kier molecular flexibility index (Phi) is 5.15. The van der Waals surface area contributed by atoms with Gasteiger partial charge in [0, 0.05) is 5.92 Å². The highest BCUT2D eigenvalue weighted by Gasteiger charge is 2.76. The Morgan fingerprint density at radius 1 is 0.952 bits per heavy atom. The van der Waals surface area contributed by atoms with E-state index in [1.165, 1.54) is 0 Å². The van der Waals surface area contributed by atoms with E-state index in [0.717, 1.165) is 6.26 Å². The summed E-state index contributed by atoms with van der Waals surface area (Å²) in [6, 6.07) is 0. The molecule has 0 N–H and O–H groups in total. The molecule has 0 aromatic rings. The monoisotopic (exact) mass is 326 g/mol. The fraction of sp³-hybridized carbons (Fsp3) is 0.833. The third kappa shape index (κ3) is 3.11. The van der Waals surface area contributed by atoms with Crippen LogP contribution in [0, 0.1) is 5.92 Å². The van der Waals surface area contributed by atoms with E-state index in [1.54, 1.807) is 0 Å². The second-order valence-corrected chi connectivity index (χ2v) is 4.90. The van der Waals surface area contributed by atoms with Crippen LogP contribution >= 0.6 is 0 Å². The van der Waals surface area contributed by atoms with E-state index in [9.17, 15) is 35.1 Å². The number of halogens is 8. The maximum absolute atomic E-state index is 13.6. The number of rotatable bonds is 6. The van der Waals surface area contributed by atoms with Crippen LogP contribution in [-0.4, -0.2) is 30.3 Å². The van der Waals surface area contributed by atoms with E-state index < -0.39 is 49.1 Å². The fourth-order valence-corrected chi connectivity index (χ4v) is 2.31. The standard InChI is InChI=1S/C12H14F8O/c1-2-21-8-5-3-7(4-6-8)10(15,16)12(19,20)11(17,18)9(13)14/h2,7-9H,1,3-6H2. The molecule has 0 aliphatic heterocycles. The number of hydrogen-bond donors (Lipinski definition) is 0. The van der Waals surface area contributed by atoms with Crippen LogP contribution in [0.5, 0.6) is 0 Å². The minimum absolute atomic E-state index is 0.0669. The van der Waals surface area contributed by atoms with Crippen molar-refractivity contribution in [3.05, 3.63) is 12.8 Å². The zero-order chi connectivity index (χ0) is 16.5. The Morgan fingerprint density at radius 3 is 1.81 bits per heavy atom. The Balaban J connectivity index is 2.88. The summed E-state index contributed by atoms with van der Waals surface area (Å²) in [6.07, 6.45) is -5.52. The third-order valence-corrected chi connectivity index (χ3v) is 3.59. The van der Waals surface area contributed by atoms with Crippen LogP contribution in [0.4, 0.5) is 35.1 Å². The summed E-state index contributed by atoms with van der Waals surface area (Å²) >= 11 is 0. The predicted molar refractivity (Wildman–Crippen MR) is 57.9 cm³/mol. The lowest BCUT2D eigenvalue weighted by Crippen LogP contribution is -2.60. The summed E-state index contributed by atoms with van der Waals surface area (Å²) in [5.74, 6) is -19.6.